The second kappa shape index (κ2) is 9.82. The van der Waals surface area contributed by atoms with E-state index >= 15 is 0 Å². The standard InChI is InChI=1S/C20H25FN6O.CH3F/c1-14-7-9-23-16(12-24-14)17-10-18(20(4,28)26-19(2,3)13-21)25-27(17)15-6-5-8-22-11-15;1-2/h5-6,8-12,26,28H,7,13H2,1-4H3;1H3. The molecule has 1 atom stereocenters. The number of hydrogen-bond acceptors (Lipinski definition) is 6. The number of pyridine rings is 1. The van der Waals surface area contributed by atoms with E-state index in [1.807, 2.05) is 13.0 Å². The van der Waals surface area contributed by atoms with E-state index in [0.29, 0.717) is 36.4 Å². The van der Waals surface area contributed by atoms with Crippen LogP contribution in [0, 0.1) is 0 Å². The Kier molecular flexibility index (Phi) is 7.69. The number of nitrogens with one attached hydrogen (secondary N) is 1. The van der Waals surface area contributed by atoms with Crippen molar-refractivity contribution >= 4 is 17.6 Å². The van der Waals surface area contributed by atoms with E-state index < -0.39 is 17.9 Å². The highest BCUT2D eigenvalue weighted by Crippen LogP contribution is 2.27. The SMILES string of the molecule is CC1=NC=C(c2cc(C(C)(O)NC(C)(C)CF)nn2-c2cccnc2)N=CC1.CF. The average molecular weight is 418 g/mol. The van der Waals surface area contributed by atoms with Gasteiger partial charge in [0.1, 0.15) is 18.1 Å². The smallest absolute Gasteiger partial charge is 0.158 e. The number of hydrogen-bond donors (Lipinski definition) is 2. The first-order valence-electron chi connectivity index (χ1n) is 9.45. The van der Waals surface area contributed by atoms with Gasteiger partial charge in [-0.3, -0.25) is 24.7 Å². The van der Waals surface area contributed by atoms with E-state index in [1.54, 1.807) is 62.4 Å². The van der Waals surface area contributed by atoms with Gasteiger partial charge in [-0.05, 0) is 45.9 Å². The van der Waals surface area contributed by atoms with Gasteiger partial charge in [0, 0.05) is 30.1 Å². The number of alkyl halides is 2. The maximum atomic E-state index is 13.3. The largest absolute Gasteiger partial charge is 0.370 e. The first kappa shape index (κ1) is 23.5. The molecule has 1 unspecified atom stereocenters. The van der Waals surface area contributed by atoms with Crippen LogP contribution in [-0.2, 0) is 5.72 Å². The third-order valence-corrected chi connectivity index (χ3v) is 4.30. The molecule has 0 saturated carbocycles. The average Bonchev–Trinajstić information content (AvgIpc) is 3.07. The van der Waals surface area contributed by atoms with Crippen molar-refractivity contribution in [1.29, 1.82) is 0 Å². The van der Waals surface area contributed by atoms with Crippen LogP contribution in [0.4, 0.5) is 8.78 Å². The van der Waals surface area contributed by atoms with Crippen LogP contribution in [0.15, 0.2) is 46.8 Å². The molecule has 2 N–H and O–H groups in total. The van der Waals surface area contributed by atoms with E-state index in [1.165, 1.54) is 0 Å². The summed E-state index contributed by atoms with van der Waals surface area (Å²) in [6.45, 7) is 6.20. The van der Waals surface area contributed by atoms with Gasteiger partial charge in [-0.25, -0.2) is 9.07 Å². The van der Waals surface area contributed by atoms with E-state index in [4.69, 9.17) is 0 Å². The molecule has 0 fully saturated rings. The Balaban J connectivity index is 0.00000155. The molecule has 0 saturated heterocycles. The first-order valence-corrected chi connectivity index (χ1v) is 9.45. The summed E-state index contributed by atoms with van der Waals surface area (Å²) in [6.07, 6.45) is 7.48. The number of nitrogens with zero attached hydrogens (tertiary/aromatic N) is 5. The zero-order valence-corrected chi connectivity index (χ0v) is 17.9. The van der Waals surface area contributed by atoms with Gasteiger partial charge >= 0.3 is 0 Å². The van der Waals surface area contributed by atoms with Gasteiger partial charge in [-0.1, -0.05) is 0 Å². The fourth-order valence-corrected chi connectivity index (χ4v) is 2.90. The topological polar surface area (TPSA) is 87.7 Å². The lowest BCUT2D eigenvalue weighted by Crippen LogP contribution is -2.53. The van der Waals surface area contributed by atoms with E-state index in [0.717, 1.165) is 5.71 Å². The Labute approximate surface area is 175 Å². The fraction of sp³-hybridized carbons (Fsp3) is 0.429. The molecule has 30 heavy (non-hydrogen) atoms. The molecule has 0 aromatic carbocycles. The molecule has 0 bridgehead atoms. The van der Waals surface area contributed by atoms with E-state index in [-0.39, 0.29) is 0 Å². The van der Waals surface area contributed by atoms with Crippen molar-refractivity contribution in [3.8, 4) is 5.69 Å². The first-order chi connectivity index (χ1) is 14.2. The van der Waals surface area contributed by atoms with Crippen molar-refractivity contribution < 1.29 is 13.9 Å². The molecule has 2 aromatic rings. The number of rotatable bonds is 6. The number of halogens is 2. The van der Waals surface area contributed by atoms with Crippen LogP contribution in [0.5, 0.6) is 0 Å². The normalized spacial score (nSPS) is 16.0. The second-order valence-corrected chi connectivity index (χ2v) is 7.65. The summed E-state index contributed by atoms with van der Waals surface area (Å²) >= 11 is 0. The second-order valence-electron chi connectivity index (χ2n) is 7.65. The van der Waals surface area contributed by atoms with Gasteiger partial charge in [0.15, 0.2) is 5.72 Å². The Morgan fingerprint density at radius 2 is 2.00 bits per heavy atom. The van der Waals surface area contributed by atoms with Crippen LogP contribution >= 0.6 is 0 Å². The maximum absolute atomic E-state index is 13.3. The summed E-state index contributed by atoms with van der Waals surface area (Å²) < 4.78 is 24.4. The van der Waals surface area contributed by atoms with Crippen molar-refractivity contribution in [2.45, 2.75) is 45.4 Å². The molecule has 3 heterocycles. The Hall–Kier alpha value is -2.78. The van der Waals surface area contributed by atoms with Gasteiger partial charge in [-0.2, -0.15) is 5.10 Å². The minimum atomic E-state index is -1.55. The fourth-order valence-electron chi connectivity index (χ4n) is 2.90. The molecule has 162 valence electrons. The van der Waals surface area contributed by atoms with Crippen molar-refractivity contribution in [1.82, 2.24) is 20.1 Å². The van der Waals surface area contributed by atoms with Crippen molar-refractivity contribution in [3.05, 3.63) is 48.2 Å². The summed E-state index contributed by atoms with van der Waals surface area (Å²) in [5.41, 5.74) is 0.802. The molecule has 3 rings (SSSR count). The monoisotopic (exact) mass is 418 g/mol. The molecule has 0 spiro atoms. The highest BCUT2D eigenvalue weighted by atomic mass is 19.1. The third kappa shape index (κ3) is 5.64. The van der Waals surface area contributed by atoms with Crippen LogP contribution in [0.3, 0.4) is 0 Å². The molecular formula is C21H28F2N6O. The van der Waals surface area contributed by atoms with Gasteiger partial charge < -0.3 is 5.11 Å². The van der Waals surface area contributed by atoms with Crippen LogP contribution in [-0.4, -0.2) is 51.2 Å². The molecule has 0 amide bonds. The summed E-state index contributed by atoms with van der Waals surface area (Å²) in [5.74, 6) is 0. The highest BCUT2D eigenvalue weighted by molar-refractivity contribution is 5.97. The van der Waals surface area contributed by atoms with Gasteiger partial charge in [0.25, 0.3) is 0 Å². The van der Waals surface area contributed by atoms with Crippen LogP contribution < -0.4 is 5.32 Å². The zero-order chi connectivity index (χ0) is 22.4. The molecule has 1 aliphatic heterocycles. The molecular weight excluding hydrogens is 390 g/mol. The lowest BCUT2D eigenvalue weighted by atomic mass is 10.0. The maximum Gasteiger partial charge on any atom is 0.158 e. The predicted molar refractivity (Wildman–Crippen MR) is 115 cm³/mol. The van der Waals surface area contributed by atoms with E-state index in [9.17, 15) is 13.9 Å². The van der Waals surface area contributed by atoms with Crippen molar-refractivity contribution in [2.24, 2.45) is 9.98 Å². The Morgan fingerprint density at radius 1 is 1.27 bits per heavy atom. The van der Waals surface area contributed by atoms with Gasteiger partial charge in [0.2, 0.25) is 0 Å². The van der Waals surface area contributed by atoms with Gasteiger partial charge in [0.05, 0.1) is 31.0 Å². The summed E-state index contributed by atoms with van der Waals surface area (Å²) in [7, 11) is 0.500. The molecule has 1 aliphatic rings. The lowest BCUT2D eigenvalue weighted by Gasteiger charge is -2.32. The molecule has 9 heteroatoms. The van der Waals surface area contributed by atoms with E-state index in [2.05, 4.69) is 25.4 Å². The van der Waals surface area contributed by atoms with Crippen LogP contribution in [0.2, 0.25) is 0 Å². The zero-order valence-electron chi connectivity index (χ0n) is 17.9. The quantitative estimate of drug-likeness (QED) is 0.702. The lowest BCUT2D eigenvalue weighted by molar-refractivity contribution is -0.0162. The highest BCUT2D eigenvalue weighted by Gasteiger charge is 2.34. The van der Waals surface area contributed by atoms with Gasteiger partial charge in [-0.15, -0.1) is 0 Å². The number of aliphatic imine (C=N–C) groups is 2. The van der Waals surface area contributed by atoms with Crippen LogP contribution in [0.25, 0.3) is 11.4 Å². The number of aromatic nitrogens is 3. The Morgan fingerprint density at radius 3 is 2.63 bits per heavy atom. The number of aliphatic hydroxyl groups is 1. The van der Waals surface area contributed by atoms with Crippen LogP contribution in [0.1, 0.15) is 45.5 Å². The molecule has 2 aromatic heterocycles. The van der Waals surface area contributed by atoms with Crippen molar-refractivity contribution in [3.63, 3.8) is 0 Å². The minimum absolute atomic E-state index is 0.342. The molecule has 0 aliphatic carbocycles. The summed E-state index contributed by atoms with van der Waals surface area (Å²) in [4.78, 5) is 13.0. The molecule has 7 nitrogen and oxygen atoms in total. The summed E-state index contributed by atoms with van der Waals surface area (Å²) in [5, 5.41) is 18.5. The third-order valence-electron chi connectivity index (χ3n) is 4.30. The summed E-state index contributed by atoms with van der Waals surface area (Å²) in [6, 6.07) is 5.39. The van der Waals surface area contributed by atoms with Crippen molar-refractivity contribution in [2.75, 3.05) is 13.9 Å². The molecule has 0 radical (unpaired) electrons. The predicted octanol–water partition coefficient (Wildman–Crippen LogP) is 3.59. The minimum Gasteiger partial charge on any atom is -0.370 e. The Bertz CT molecular complexity index is 932.